The molecule has 0 bridgehead atoms. The van der Waals surface area contributed by atoms with Gasteiger partial charge in [0.2, 0.25) is 5.91 Å². The van der Waals surface area contributed by atoms with Crippen LogP contribution in [0.4, 0.5) is 0 Å². The van der Waals surface area contributed by atoms with Crippen molar-refractivity contribution in [3.8, 4) is 0 Å². The van der Waals surface area contributed by atoms with E-state index in [-0.39, 0.29) is 24.1 Å². The molecule has 1 aromatic carbocycles. The Kier molecular flexibility index (Phi) is 6.84. The molecule has 1 aromatic rings. The number of nitrogens with zero attached hydrogens (tertiary/aromatic N) is 1. The summed E-state index contributed by atoms with van der Waals surface area (Å²) in [6.45, 7) is 3.92. The van der Waals surface area contributed by atoms with E-state index in [0.717, 1.165) is 26.2 Å². The third kappa shape index (κ3) is 5.04. The average molecular weight is 408 g/mol. The lowest BCUT2D eigenvalue weighted by atomic mass is 10.1. The van der Waals surface area contributed by atoms with Gasteiger partial charge in [0.25, 0.3) is 0 Å². The lowest BCUT2D eigenvalue weighted by Crippen LogP contribution is -2.47. The number of hydrazine groups is 1. The fourth-order valence-electron chi connectivity index (χ4n) is 3.87. The summed E-state index contributed by atoms with van der Waals surface area (Å²) in [6.07, 6.45) is 0.727. The van der Waals surface area contributed by atoms with Crippen LogP contribution in [0, 0.1) is 0 Å². The first-order chi connectivity index (χ1) is 13.7. The highest BCUT2D eigenvalue weighted by Crippen LogP contribution is 2.30. The van der Waals surface area contributed by atoms with Crippen molar-refractivity contribution in [3.05, 3.63) is 35.9 Å². The van der Waals surface area contributed by atoms with Crippen LogP contribution in [0.1, 0.15) is 12.0 Å². The third-order valence-corrected chi connectivity index (χ3v) is 6.78. The number of benzene rings is 1. The predicted molar refractivity (Wildman–Crippen MR) is 108 cm³/mol. The Morgan fingerprint density at radius 1 is 1.36 bits per heavy atom. The summed E-state index contributed by atoms with van der Waals surface area (Å²) in [5.74, 6) is 0.0141. The quantitative estimate of drug-likeness (QED) is 0.496. The third-order valence-electron chi connectivity index (χ3n) is 5.33. The summed E-state index contributed by atoms with van der Waals surface area (Å²) in [6, 6.07) is 10.1. The van der Waals surface area contributed by atoms with Gasteiger partial charge in [0.1, 0.15) is 6.04 Å². The second kappa shape index (κ2) is 9.53. The van der Waals surface area contributed by atoms with Gasteiger partial charge in [0.05, 0.1) is 24.1 Å². The number of carbonyl (C=O) groups excluding carboxylic acids is 1. The molecular formula is C19H29N5O3S. The van der Waals surface area contributed by atoms with E-state index in [2.05, 4.69) is 38.7 Å². The topological polar surface area (TPSA) is 86.9 Å². The summed E-state index contributed by atoms with van der Waals surface area (Å²) in [4.78, 5) is 18.4. The number of thioether (sulfide) groups is 1. The summed E-state index contributed by atoms with van der Waals surface area (Å²) >= 11 is 1.83. The number of hydroxylamine groups is 1. The molecule has 0 radical (unpaired) electrons. The highest BCUT2D eigenvalue weighted by atomic mass is 32.2. The van der Waals surface area contributed by atoms with Crippen LogP contribution >= 0.6 is 11.8 Å². The molecule has 4 N–H and O–H groups in total. The highest BCUT2D eigenvalue weighted by Gasteiger charge is 2.40. The smallest absolute Gasteiger partial charge is 0.239 e. The van der Waals surface area contributed by atoms with Gasteiger partial charge in [-0.05, 0) is 5.56 Å². The number of methoxy groups -OCH3 is 1. The van der Waals surface area contributed by atoms with Crippen LogP contribution in [-0.2, 0) is 20.9 Å². The molecule has 0 aromatic heterocycles. The first-order valence-corrected chi connectivity index (χ1v) is 10.8. The number of hydrogen-bond donors (Lipinski definition) is 4. The minimum absolute atomic E-state index is 0.0141. The number of carbonyl (C=O) groups is 1. The van der Waals surface area contributed by atoms with Gasteiger partial charge in [-0.15, -0.1) is 11.8 Å². The molecule has 0 aliphatic carbocycles. The Labute approximate surface area is 170 Å². The van der Waals surface area contributed by atoms with Crippen molar-refractivity contribution in [2.75, 3.05) is 33.4 Å². The Balaban J connectivity index is 1.20. The zero-order valence-electron chi connectivity index (χ0n) is 16.1. The highest BCUT2D eigenvalue weighted by molar-refractivity contribution is 8.00. The lowest BCUT2D eigenvalue weighted by molar-refractivity contribution is -0.124. The van der Waals surface area contributed by atoms with Gasteiger partial charge in [0, 0.05) is 45.0 Å². The molecule has 3 aliphatic heterocycles. The van der Waals surface area contributed by atoms with Crippen molar-refractivity contribution >= 4 is 17.7 Å². The minimum atomic E-state index is -0.296. The molecule has 0 saturated carbocycles. The second-order valence-electron chi connectivity index (χ2n) is 7.52. The number of amides is 1. The summed E-state index contributed by atoms with van der Waals surface area (Å²) < 4.78 is 5.20. The Morgan fingerprint density at radius 2 is 2.21 bits per heavy atom. The fraction of sp³-hybridized carbons (Fsp3) is 0.632. The van der Waals surface area contributed by atoms with E-state index in [1.54, 1.807) is 7.11 Å². The van der Waals surface area contributed by atoms with Crippen LogP contribution in [0.25, 0.3) is 0 Å². The maximum Gasteiger partial charge on any atom is 0.239 e. The van der Waals surface area contributed by atoms with E-state index < -0.39 is 0 Å². The molecule has 1 amide bonds. The SMILES string of the molecule is COCC1NCC(C2CC(C(=O)NC3CNN(Cc4ccccc4)C3)NO2)S1. The van der Waals surface area contributed by atoms with Crippen LogP contribution in [0.5, 0.6) is 0 Å². The van der Waals surface area contributed by atoms with Gasteiger partial charge in [-0.1, -0.05) is 30.3 Å². The largest absolute Gasteiger partial charge is 0.382 e. The van der Waals surface area contributed by atoms with Crippen LogP contribution in [0.2, 0.25) is 0 Å². The molecule has 5 unspecified atom stereocenters. The number of rotatable bonds is 7. The van der Waals surface area contributed by atoms with Gasteiger partial charge >= 0.3 is 0 Å². The van der Waals surface area contributed by atoms with Crippen molar-refractivity contribution in [1.82, 2.24) is 26.5 Å². The Bertz CT molecular complexity index is 652. The first kappa shape index (κ1) is 20.1. The van der Waals surface area contributed by atoms with Crippen molar-refractivity contribution in [1.29, 1.82) is 0 Å². The van der Waals surface area contributed by atoms with Crippen LogP contribution in [-0.4, -0.2) is 73.1 Å². The van der Waals surface area contributed by atoms with E-state index in [0.29, 0.717) is 23.7 Å². The lowest BCUT2D eigenvalue weighted by Gasteiger charge is -2.17. The molecule has 4 rings (SSSR count). The average Bonchev–Trinajstić information content (AvgIpc) is 3.44. The summed E-state index contributed by atoms with van der Waals surface area (Å²) in [5.41, 5.74) is 7.56. The first-order valence-electron chi connectivity index (χ1n) is 9.83. The molecule has 3 heterocycles. The van der Waals surface area contributed by atoms with Gasteiger partial charge in [-0.2, -0.15) is 5.48 Å². The van der Waals surface area contributed by atoms with Crippen LogP contribution in [0.15, 0.2) is 30.3 Å². The molecule has 0 spiro atoms. The van der Waals surface area contributed by atoms with Gasteiger partial charge in [0.15, 0.2) is 0 Å². The summed E-state index contributed by atoms with van der Waals surface area (Å²) in [5, 5.41) is 9.36. The molecule has 3 aliphatic rings. The van der Waals surface area contributed by atoms with Crippen molar-refractivity contribution < 1.29 is 14.4 Å². The molecule has 5 atom stereocenters. The molecule has 28 heavy (non-hydrogen) atoms. The van der Waals surface area contributed by atoms with E-state index in [4.69, 9.17) is 9.57 Å². The molecule has 8 nitrogen and oxygen atoms in total. The maximum absolute atomic E-state index is 12.7. The normalized spacial score (nSPS) is 33.4. The standard InChI is InChI=1S/C19H29N5O3S/c1-26-12-18-20-9-17(28-18)16-7-15(23-27-16)19(25)22-14-8-21-24(11-14)10-13-5-3-2-4-6-13/h2-6,14-18,20-21,23H,7-12H2,1H3,(H,22,25). The van der Waals surface area contributed by atoms with E-state index >= 15 is 0 Å². The van der Waals surface area contributed by atoms with E-state index in [1.165, 1.54) is 5.56 Å². The number of nitrogens with one attached hydrogen (secondary N) is 4. The number of hydrogen-bond acceptors (Lipinski definition) is 8. The van der Waals surface area contributed by atoms with Crippen LogP contribution in [0.3, 0.4) is 0 Å². The van der Waals surface area contributed by atoms with Gasteiger partial charge in [-0.25, -0.2) is 5.01 Å². The van der Waals surface area contributed by atoms with Crippen molar-refractivity contribution in [3.63, 3.8) is 0 Å². The predicted octanol–water partition coefficient (Wildman–Crippen LogP) is -0.169. The monoisotopic (exact) mass is 407 g/mol. The second-order valence-corrected chi connectivity index (χ2v) is 8.97. The molecular weight excluding hydrogens is 378 g/mol. The molecule has 9 heteroatoms. The van der Waals surface area contributed by atoms with Crippen molar-refractivity contribution in [2.24, 2.45) is 0 Å². The molecule has 3 saturated heterocycles. The summed E-state index contributed by atoms with van der Waals surface area (Å²) in [7, 11) is 1.71. The van der Waals surface area contributed by atoms with Gasteiger partial charge < -0.3 is 15.4 Å². The van der Waals surface area contributed by atoms with E-state index in [9.17, 15) is 4.79 Å². The fourth-order valence-corrected chi connectivity index (χ4v) is 5.23. The zero-order chi connectivity index (χ0) is 19.3. The Morgan fingerprint density at radius 3 is 3.04 bits per heavy atom. The van der Waals surface area contributed by atoms with Crippen LogP contribution < -0.4 is 21.5 Å². The van der Waals surface area contributed by atoms with E-state index in [1.807, 2.05) is 30.0 Å². The molecule has 3 fully saturated rings. The Hall–Kier alpha value is -1.20. The van der Waals surface area contributed by atoms with Gasteiger partial charge in [-0.3, -0.25) is 15.1 Å². The maximum atomic E-state index is 12.7. The number of ether oxygens (including phenoxy) is 1. The molecule has 154 valence electrons. The van der Waals surface area contributed by atoms with Crippen molar-refractivity contribution in [2.45, 2.75) is 41.8 Å². The zero-order valence-corrected chi connectivity index (χ0v) is 16.9. The minimum Gasteiger partial charge on any atom is -0.382 e.